The number of carbonyl (C=O) groups excluding carboxylic acids is 3. The van der Waals surface area contributed by atoms with E-state index in [2.05, 4.69) is 16.4 Å². The first-order valence-corrected chi connectivity index (χ1v) is 20.1. The van der Waals surface area contributed by atoms with Crippen LogP contribution in [0.5, 0.6) is 0 Å². The summed E-state index contributed by atoms with van der Waals surface area (Å²) in [5.41, 5.74) is -0.267. The van der Waals surface area contributed by atoms with Crippen LogP contribution in [0.3, 0.4) is 0 Å². The minimum atomic E-state index is -4.62. The number of nitrogens with zero attached hydrogens (tertiary/aromatic N) is 3. The van der Waals surface area contributed by atoms with Crippen LogP contribution in [0.1, 0.15) is 77.0 Å². The number of aromatic nitrogens is 2. The summed E-state index contributed by atoms with van der Waals surface area (Å²) >= 11 is 6.46. The third-order valence-corrected chi connectivity index (χ3v) is 13.2. The van der Waals surface area contributed by atoms with E-state index in [-0.39, 0.29) is 35.2 Å². The molecule has 0 bridgehead atoms. The van der Waals surface area contributed by atoms with Gasteiger partial charge in [-0.2, -0.15) is 5.26 Å². The Labute approximate surface area is 293 Å². The number of fused-ring (bicyclic) bond motifs is 2. The molecule has 5 rings (SSSR count). The maximum Gasteiger partial charge on any atom is 0.509 e. The molecule has 2 saturated heterocycles. The first-order valence-electron chi connectivity index (χ1n) is 16.2. The van der Waals surface area contributed by atoms with Gasteiger partial charge in [-0.15, -0.1) is 0 Å². The lowest BCUT2D eigenvalue weighted by molar-refractivity contribution is -0.152. The minimum absolute atomic E-state index is 0.0429. The molecule has 3 fully saturated rings. The van der Waals surface area contributed by atoms with E-state index in [1.165, 1.54) is 4.57 Å². The van der Waals surface area contributed by atoms with E-state index in [9.17, 15) is 32.6 Å². The van der Waals surface area contributed by atoms with Crippen molar-refractivity contribution >= 4 is 63.8 Å². The Hall–Kier alpha value is -3.46. The van der Waals surface area contributed by atoms with Gasteiger partial charge in [0.25, 0.3) is 0 Å². The predicted molar refractivity (Wildman–Crippen MR) is 175 cm³/mol. The van der Waals surface area contributed by atoms with Gasteiger partial charge in [0.05, 0.1) is 11.4 Å². The number of ether oxygens (including phenoxy) is 5. The van der Waals surface area contributed by atoms with Crippen molar-refractivity contribution in [3.05, 3.63) is 23.0 Å². The molecule has 20 heteroatoms. The van der Waals surface area contributed by atoms with Gasteiger partial charge in [-0.3, -0.25) is 23.2 Å². The highest BCUT2D eigenvalue weighted by Gasteiger charge is 2.56. The van der Waals surface area contributed by atoms with E-state index in [1.54, 1.807) is 26.1 Å². The fourth-order valence-electron chi connectivity index (χ4n) is 6.01. The Morgan fingerprint density at radius 2 is 1.72 bits per heavy atom. The first kappa shape index (κ1) is 37.8. The van der Waals surface area contributed by atoms with Gasteiger partial charge in [0.2, 0.25) is 13.6 Å². The molecular weight excluding hydrogens is 723 g/mol. The number of hydrogen-bond donors (Lipinski definition) is 1. The van der Waals surface area contributed by atoms with Gasteiger partial charge >= 0.3 is 25.7 Å². The second kappa shape index (κ2) is 16.3. The molecule has 0 unspecified atom stereocenters. The average molecular weight is 761 g/mol. The fraction of sp³-hybridized carbons (Fsp3) is 0.633. The van der Waals surface area contributed by atoms with Gasteiger partial charge in [0.1, 0.15) is 23.4 Å². The Kier molecular flexibility index (Phi) is 12.3. The van der Waals surface area contributed by atoms with Gasteiger partial charge in [0, 0.05) is 30.5 Å². The number of anilines is 1. The van der Waals surface area contributed by atoms with Crippen molar-refractivity contribution in [1.29, 1.82) is 5.26 Å². The van der Waals surface area contributed by atoms with Crippen LogP contribution in [0.25, 0.3) is 11.0 Å². The normalized spacial score (nSPS) is 22.2. The van der Waals surface area contributed by atoms with Crippen molar-refractivity contribution in [3.8, 4) is 6.07 Å². The van der Waals surface area contributed by atoms with Gasteiger partial charge in [0.15, 0.2) is 38.9 Å². The van der Waals surface area contributed by atoms with E-state index >= 15 is 0 Å². The lowest BCUT2D eigenvalue weighted by atomic mass is 10.1. The number of halogens is 1. The van der Waals surface area contributed by atoms with Crippen LogP contribution >= 0.6 is 19.2 Å². The SMILES string of the molecule is CCCC(=O)OCOP(=O)(CS(=O)(=O)C[C@H]1O[C@@H](n2ccc3c(NC4CCCC4)c(C#N)c(Cl)nc32)[C@@H]2OC(=O)O[C@@H]21)OCOC(=O)CCC. The molecule has 3 aliphatic rings. The van der Waals surface area contributed by atoms with Crippen LogP contribution in [-0.2, 0) is 56.7 Å². The molecule has 1 N–H and O–H groups in total. The van der Waals surface area contributed by atoms with Crippen molar-refractivity contribution in [3.63, 3.8) is 0 Å². The molecule has 4 atom stereocenters. The van der Waals surface area contributed by atoms with Crippen molar-refractivity contribution < 1.29 is 60.1 Å². The lowest BCUT2D eigenvalue weighted by Gasteiger charge is -2.21. The maximum absolute atomic E-state index is 13.6. The summed E-state index contributed by atoms with van der Waals surface area (Å²) in [6.07, 6.45) is 0.735. The Morgan fingerprint density at radius 1 is 1.10 bits per heavy atom. The molecule has 0 aromatic carbocycles. The maximum atomic E-state index is 13.6. The molecule has 4 heterocycles. The molecule has 0 amide bonds. The van der Waals surface area contributed by atoms with E-state index in [1.807, 2.05) is 0 Å². The number of sulfone groups is 1. The molecule has 1 saturated carbocycles. The summed E-state index contributed by atoms with van der Waals surface area (Å²) in [5, 5.41) is 13.8. The molecule has 2 aromatic rings. The van der Waals surface area contributed by atoms with Crippen LogP contribution in [0.2, 0.25) is 5.15 Å². The van der Waals surface area contributed by atoms with Gasteiger partial charge in [-0.25, -0.2) is 18.2 Å². The van der Waals surface area contributed by atoms with E-state index < -0.39 is 84.9 Å². The van der Waals surface area contributed by atoms with E-state index in [4.69, 9.17) is 44.3 Å². The number of rotatable bonds is 17. The van der Waals surface area contributed by atoms with E-state index in [0.717, 1.165) is 25.7 Å². The topological polar surface area (TPSA) is 221 Å². The molecule has 50 heavy (non-hydrogen) atoms. The highest BCUT2D eigenvalue weighted by Crippen LogP contribution is 2.50. The number of hydrogen-bond acceptors (Lipinski definition) is 16. The Morgan fingerprint density at radius 3 is 2.32 bits per heavy atom. The molecule has 0 radical (unpaired) electrons. The molecule has 17 nitrogen and oxygen atoms in total. The number of nitriles is 1. The third kappa shape index (κ3) is 8.87. The smallest absolute Gasteiger partial charge is 0.438 e. The van der Waals surface area contributed by atoms with Gasteiger partial charge < -0.3 is 33.6 Å². The average Bonchev–Trinajstić information content (AvgIpc) is 3.83. The third-order valence-electron chi connectivity index (χ3n) is 8.28. The zero-order valence-electron chi connectivity index (χ0n) is 27.4. The van der Waals surface area contributed by atoms with Crippen molar-refractivity contribution in [1.82, 2.24) is 9.55 Å². The summed E-state index contributed by atoms with van der Waals surface area (Å²) < 4.78 is 78.9. The Bertz CT molecular complexity index is 1760. The molecular formula is C30H38ClN4O13PS. The summed E-state index contributed by atoms with van der Waals surface area (Å²) in [7, 11) is -9.05. The van der Waals surface area contributed by atoms with E-state index in [0.29, 0.717) is 23.9 Å². The predicted octanol–water partition coefficient (Wildman–Crippen LogP) is 4.92. The standard InChI is InChI=1S/C30H38ClN4O13PS/c1-3-7-22(36)42-15-44-49(39,45-16-43-23(37)8-4-2)17-50(40,41)14-21-25-26(48-30(38)47-25)29(46-21)35-12-11-19-24(33-18-9-5-6-10-18)20(13-32)27(31)34-28(19)35/h11-12,18,21,25-26,29H,3-10,14-17H2,1-2H3,(H,33,34)/t21-,25-,26-,29-/m1/s1. The summed E-state index contributed by atoms with van der Waals surface area (Å²) in [6.45, 7) is 1.71. The highest BCUT2D eigenvalue weighted by atomic mass is 35.5. The fourth-order valence-corrected chi connectivity index (χ4v) is 10.4. The molecule has 2 aliphatic heterocycles. The van der Waals surface area contributed by atoms with Crippen molar-refractivity contribution in [2.24, 2.45) is 0 Å². The van der Waals surface area contributed by atoms with Crippen LogP contribution in [0, 0.1) is 11.3 Å². The molecule has 0 spiro atoms. The monoisotopic (exact) mass is 760 g/mol. The summed E-state index contributed by atoms with van der Waals surface area (Å²) in [6, 6.07) is 3.93. The zero-order chi connectivity index (χ0) is 36.1. The number of carbonyl (C=O) groups is 3. The lowest BCUT2D eigenvalue weighted by Crippen LogP contribution is -2.34. The van der Waals surface area contributed by atoms with Crippen LogP contribution in [0.15, 0.2) is 12.3 Å². The number of nitrogens with one attached hydrogen (secondary N) is 1. The molecule has 274 valence electrons. The minimum Gasteiger partial charge on any atom is -0.438 e. The largest absolute Gasteiger partial charge is 0.509 e. The number of pyridine rings is 1. The highest BCUT2D eigenvalue weighted by molar-refractivity contribution is 7.97. The number of esters is 2. The van der Waals surface area contributed by atoms with Gasteiger partial charge in [-0.05, 0) is 31.7 Å². The van der Waals surface area contributed by atoms with Gasteiger partial charge in [-0.1, -0.05) is 38.3 Å². The summed E-state index contributed by atoms with van der Waals surface area (Å²) in [5.74, 6) is -2.17. The second-order valence-corrected chi connectivity index (χ2v) is 17.0. The van der Waals surface area contributed by atoms with Crippen molar-refractivity contribution in [2.45, 2.75) is 95.8 Å². The second-order valence-electron chi connectivity index (χ2n) is 12.0. The first-order chi connectivity index (χ1) is 23.9. The van der Waals surface area contributed by atoms with Crippen LogP contribution < -0.4 is 5.32 Å². The zero-order valence-corrected chi connectivity index (χ0v) is 29.9. The summed E-state index contributed by atoms with van der Waals surface area (Å²) in [4.78, 5) is 40.3. The van der Waals surface area contributed by atoms with Crippen LogP contribution in [-0.4, -0.2) is 85.2 Å². The van der Waals surface area contributed by atoms with Crippen LogP contribution in [0.4, 0.5) is 10.5 Å². The Balaban J connectivity index is 1.36. The molecule has 2 aromatic heterocycles. The van der Waals surface area contributed by atoms with Crippen molar-refractivity contribution in [2.75, 3.05) is 30.1 Å². The molecule has 1 aliphatic carbocycles. The quantitative estimate of drug-likeness (QED) is 0.0743.